The SMILES string of the molecule is Cn1cnn(CCC2CCCCN2)c1=O. The summed E-state index contributed by atoms with van der Waals surface area (Å²) in [5.74, 6) is 0. The van der Waals surface area contributed by atoms with Gasteiger partial charge in [-0.05, 0) is 25.8 Å². The van der Waals surface area contributed by atoms with Crippen molar-refractivity contribution < 1.29 is 0 Å². The van der Waals surface area contributed by atoms with Crippen LogP contribution in [0.4, 0.5) is 0 Å². The zero-order chi connectivity index (χ0) is 10.7. The molecule has 2 rings (SSSR count). The molecule has 2 heterocycles. The van der Waals surface area contributed by atoms with Crippen LogP contribution < -0.4 is 11.0 Å². The minimum atomic E-state index is -0.0224. The maximum atomic E-state index is 11.5. The maximum Gasteiger partial charge on any atom is 0.345 e. The van der Waals surface area contributed by atoms with Crippen molar-refractivity contribution in [1.29, 1.82) is 0 Å². The molecule has 5 heteroatoms. The summed E-state index contributed by atoms with van der Waals surface area (Å²) in [5, 5.41) is 7.50. The molecule has 0 aromatic carbocycles. The lowest BCUT2D eigenvalue weighted by molar-refractivity contribution is 0.358. The Morgan fingerprint density at radius 1 is 1.60 bits per heavy atom. The summed E-state index contributed by atoms with van der Waals surface area (Å²) >= 11 is 0. The van der Waals surface area contributed by atoms with Gasteiger partial charge < -0.3 is 5.32 Å². The van der Waals surface area contributed by atoms with Crippen LogP contribution >= 0.6 is 0 Å². The van der Waals surface area contributed by atoms with Crippen LogP contribution in [0.1, 0.15) is 25.7 Å². The first kappa shape index (κ1) is 10.4. The second-order valence-electron chi connectivity index (χ2n) is 4.18. The number of nitrogens with one attached hydrogen (secondary N) is 1. The Morgan fingerprint density at radius 3 is 3.07 bits per heavy atom. The van der Waals surface area contributed by atoms with Gasteiger partial charge in [0, 0.05) is 19.6 Å². The predicted molar refractivity (Wildman–Crippen MR) is 57.7 cm³/mol. The minimum absolute atomic E-state index is 0.0224. The Hall–Kier alpha value is -1.10. The Kier molecular flexibility index (Phi) is 3.20. The molecule has 1 aromatic heterocycles. The van der Waals surface area contributed by atoms with E-state index in [1.54, 1.807) is 13.4 Å². The summed E-state index contributed by atoms with van der Waals surface area (Å²) in [7, 11) is 1.73. The second kappa shape index (κ2) is 4.61. The average Bonchev–Trinajstić information content (AvgIpc) is 2.59. The summed E-state index contributed by atoms with van der Waals surface area (Å²) in [6, 6.07) is 0.563. The van der Waals surface area contributed by atoms with Crippen molar-refractivity contribution in [3.05, 3.63) is 16.8 Å². The number of aromatic nitrogens is 3. The largest absolute Gasteiger partial charge is 0.345 e. The van der Waals surface area contributed by atoms with E-state index < -0.39 is 0 Å². The third-order valence-corrected chi connectivity index (χ3v) is 2.99. The van der Waals surface area contributed by atoms with Crippen molar-refractivity contribution in [3.8, 4) is 0 Å². The number of aryl methyl sites for hydroxylation is 2. The lowest BCUT2D eigenvalue weighted by Crippen LogP contribution is -2.35. The second-order valence-corrected chi connectivity index (χ2v) is 4.18. The summed E-state index contributed by atoms with van der Waals surface area (Å²) in [4.78, 5) is 11.5. The quantitative estimate of drug-likeness (QED) is 0.770. The van der Waals surface area contributed by atoms with Gasteiger partial charge in [-0.3, -0.25) is 4.57 Å². The molecule has 1 unspecified atom stereocenters. The molecule has 1 aliphatic heterocycles. The van der Waals surface area contributed by atoms with Gasteiger partial charge in [0.2, 0.25) is 0 Å². The molecule has 5 nitrogen and oxygen atoms in total. The zero-order valence-electron chi connectivity index (χ0n) is 9.15. The fraction of sp³-hybridized carbons (Fsp3) is 0.800. The first-order valence-corrected chi connectivity index (χ1v) is 5.59. The van der Waals surface area contributed by atoms with E-state index >= 15 is 0 Å². The van der Waals surface area contributed by atoms with Gasteiger partial charge in [-0.2, -0.15) is 5.10 Å². The lowest BCUT2D eigenvalue weighted by atomic mass is 10.0. The normalized spacial score (nSPS) is 21.8. The molecular weight excluding hydrogens is 192 g/mol. The Labute approximate surface area is 89.1 Å². The molecule has 84 valence electrons. The predicted octanol–water partition coefficient (Wildman–Crippen LogP) is 0.114. The van der Waals surface area contributed by atoms with E-state index in [0.717, 1.165) is 19.5 Å². The van der Waals surface area contributed by atoms with Crippen molar-refractivity contribution in [2.75, 3.05) is 6.54 Å². The lowest BCUT2D eigenvalue weighted by Gasteiger charge is -2.22. The molecule has 1 aromatic rings. The molecule has 0 amide bonds. The molecule has 1 atom stereocenters. The summed E-state index contributed by atoms with van der Waals surface area (Å²) in [5.41, 5.74) is -0.0224. The van der Waals surface area contributed by atoms with Crippen molar-refractivity contribution in [3.63, 3.8) is 0 Å². The van der Waals surface area contributed by atoms with Crippen molar-refractivity contribution in [2.24, 2.45) is 7.05 Å². The molecular formula is C10H18N4O. The highest BCUT2D eigenvalue weighted by Crippen LogP contribution is 2.10. The third kappa shape index (κ3) is 2.47. The molecule has 15 heavy (non-hydrogen) atoms. The van der Waals surface area contributed by atoms with E-state index in [0.29, 0.717) is 6.04 Å². The van der Waals surface area contributed by atoms with Gasteiger partial charge in [0.15, 0.2) is 0 Å². The van der Waals surface area contributed by atoms with Crippen molar-refractivity contribution in [1.82, 2.24) is 19.7 Å². The van der Waals surface area contributed by atoms with E-state index in [-0.39, 0.29) is 5.69 Å². The fourth-order valence-corrected chi connectivity index (χ4v) is 2.02. The molecule has 0 aliphatic carbocycles. The Balaban J connectivity index is 1.87. The van der Waals surface area contributed by atoms with Gasteiger partial charge in [0.25, 0.3) is 0 Å². The number of hydrogen-bond acceptors (Lipinski definition) is 3. The molecule has 1 saturated heterocycles. The highest BCUT2D eigenvalue weighted by atomic mass is 16.2. The van der Waals surface area contributed by atoms with Gasteiger partial charge in [-0.15, -0.1) is 0 Å². The van der Waals surface area contributed by atoms with Crippen LogP contribution in [0.5, 0.6) is 0 Å². The number of nitrogens with zero attached hydrogens (tertiary/aromatic N) is 3. The molecule has 0 bridgehead atoms. The van der Waals surface area contributed by atoms with E-state index in [4.69, 9.17) is 0 Å². The van der Waals surface area contributed by atoms with Crippen LogP contribution in [0.25, 0.3) is 0 Å². The van der Waals surface area contributed by atoms with E-state index in [1.807, 2.05) is 0 Å². The van der Waals surface area contributed by atoms with Crippen LogP contribution in [0.2, 0.25) is 0 Å². The smallest absolute Gasteiger partial charge is 0.314 e. The minimum Gasteiger partial charge on any atom is -0.314 e. The maximum absolute atomic E-state index is 11.5. The highest BCUT2D eigenvalue weighted by molar-refractivity contribution is 4.73. The fourth-order valence-electron chi connectivity index (χ4n) is 2.02. The van der Waals surface area contributed by atoms with E-state index in [9.17, 15) is 4.79 Å². The summed E-state index contributed by atoms with van der Waals surface area (Å²) < 4.78 is 3.05. The van der Waals surface area contributed by atoms with Gasteiger partial charge in [-0.1, -0.05) is 6.42 Å². The van der Waals surface area contributed by atoms with Crippen molar-refractivity contribution in [2.45, 2.75) is 38.3 Å². The van der Waals surface area contributed by atoms with Crippen LogP contribution in [0.15, 0.2) is 11.1 Å². The average molecular weight is 210 g/mol. The van der Waals surface area contributed by atoms with E-state index in [1.165, 1.54) is 28.5 Å². The third-order valence-electron chi connectivity index (χ3n) is 2.99. The highest BCUT2D eigenvalue weighted by Gasteiger charge is 2.13. The van der Waals surface area contributed by atoms with Gasteiger partial charge in [0.05, 0.1) is 0 Å². The van der Waals surface area contributed by atoms with Gasteiger partial charge in [-0.25, -0.2) is 9.48 Å². The van der Waals surface area contributed by atoms with Crippen LogP contribution in [-0.4, -0.2) is 26.9 Å². The van der Waals surface area contributed by atoms with Crippen LogP contribution in [-0.2, 0) is 13.6 Å². The zero-order valence-corrected chi connectivity index (χ0v) is 9.15. The number of rotatable bonds is 3. The molecule has 1 aliphatic rings. The first-order valence-electron chi connectivity index (χ1n) is 5.59. The molecule has 0 saturated carbocycles. The number of hydrogen-bond donors (Lipinski definition) is 1. The summed E-state index contributed by atoms with van der Waals surface area (Å²) in [6.07, 6.45) is 6.37. The standard InChI is InChI=1S/C10H18N4O/c1-13-8-12-14(10(13)15)7-5-9-4-2-3-6-11-9/h8-9,11H,2-7H2,1H3. The molecule has 1 N–H and O–H groups in total. The monoisotopic (exact) mass is 210 g/mol. The Morgan fingerprint density at radius 2 is 2.47 bits per heavy atom. The van der Waals surface area contributed by atoms with Crippen LogP contribution in [0, 0.1) is 0 Å². The molecule has 1 fully saturated rings. The van der Waals surface area contributed by atoms with Gasteiger partial charge in [0.1, 0.15) is 6.33 Å². The first-order chi connectivity index (χ1) is 7.27. The van der Waals surface area contributed by atoms with E-state index in [2.05, 4.69) is 10.4 Å². The topological polar surface area (TPSA) is 51.9 Å². The summed E-state index contributed by atoms with van der Waals surface area (Å²) in [6.45, 7) is 1.83. The molecule has 0 radical (unpaired) electrons. The number of piperidine rings is 1. The van der Waals surface area contributed by atoms with Crippen molar-refractivity contribution >= 4 is 0 Å². The molecule has 0 spiro atoms. The van der Waals surface area contributed by atoms with Crippen LogP contribution in [0.3, 0.4) is 0 Å². The Bertz CT molecular complexity index is 362. The van der Waals surface area contributed by atoms with Gasteiger partial charge >= 0.3 is 5.69 Å².